The maximum absolute atomic E-state index is 12.9. The molecule has 2 aromatic carbocycles. The summed E-state index contributed by atoms with van der Waals surface area (Å²) < 4.78 is 16.4. The van der Waals surface area contributed by atoms with Crippen LogP contribution in [0.4, 0.5) is 0 Å². The fourth-order valence-electron chi connectivity index (χ4n) is 3.45. The lowest BCUT2D eigenvalue weighted by Gasteiger charge is -2.37. The highest BCUT2D eigenvalue weighted by molar-refractivity contribution is 5.77. The number of ether oxygens (including phenoxy) is 3. The van der Waals surface area contributed by atoms with Crippen LogP contribution in [0.5, 0.6) is 17.2 Å². The molecule has 3 rings (SSSR count). The van der Waals surface area contributed by atoms with Crippen LogP contribution in [0, 0.1) is 0 Å². The molecule has 1 unspecified atom stereocenters. The summed E-state index contributed by atoms with van der Waals surface area (Å²) in [7, 11) is 3.30. The van der Waals surface area contributed by atoms with Gasteiger partial charge in [0.25, 0.3) is 0 Å². The molecule has 6 nitrogen and oxygen atoms in total. The molecule has 1 atom stereocenters. The van der Waals surface area contributed by atoms with Gasteiger partial charge in [-0.05, 0) is 36.8 Å². The summed E-state index contributed by atoms with van der Waals surface area (Å²) in [5.41, 5.74) is 1.04. The predicted octanol–water partition coefficient (Wildman–Crippen LogP) is 3.04. The molecule has 1 fully saturated rings. The number of para-hydroxylation sites is 1. The van der Waals surface area contributed by atoms with Gasteiger partial charge in [-0.3, -0.25) is 4.79 Å². The Balaban J connectivity index is 1.54. The largest absolute Gasteiger partial charge is 0.497 e. The number of nitrogens with zero attached hydrogens (tertiary/aromatic N) is 1. The van der Waals surface area contributed by atoms with E-state index in [1.807, 2.05) is 53.4 Å². The maximum atomic E-state index is 12.9. The SMILES string of the molecule is COc1ccc(OCCCC(=O)N2CCNCC2c2ccccc2OC)cc1. The summed E-state index contributed by atoms with van der Waals surface area (Å²) in [6.45, 7) is 2.73. The van der Waals surface area contributed by atoms with Crippen LogP contribution in [0.1, 0.15) is 24.4 Å². The van der Waals surface area contributed by atoms with Gasteiger partial charge < -0.3 is 24.4 Å². The van der Waals surface area contributed by atoms with E-state index in [9.17, 15) is 4.79 Å². The van der Waals surface area contributed by atoms with E-state index in [0.717, 1.165) is 35.9 Å². The van der Waals surface area contributed by atoms with Crippen molar-refractivity contribution >= 4 is 5.91 Å². The maximum Gasteiger partial charge on any atom is 0.223 e. The minimum atomic E-state index is -0.0140. The Morgan fingerprint density at radius 2 is 1.82 bits per heavy atom. The van der Waals surface area contributed by atoms with Crippen LogP contribution in [0.15, 0.2) is 48.5 Å². The molecule has 1 N–H and O–H groups in total. The van der Waals surface area contributed by atoms with E-state index >= 15 is 0 Å². The molecule has 28 heavy (non-hydrogen) atoms. The number of carbonyl (C=O) groups is 1. The van der Waals surface area contributed by atoms with Crippen LogP contribution in [0.2, 0.25) is 0 Å². The zero-order valence-corrected chi connectivity index (χ0v) is 16.5. The lowest BCUT2D eigenvalue weighted by atomic mass is 10.0. The van der Waals surface area contributed by atoms with Gasteiger partial charge in [-0.25, -0.2) is 0 Å². The van der Waals surface area contributed by atoms with Crippen molar-refractivity contribution in [1.82, 2.24) is 10.2 Å². The lowest BCUT2D eigenvalue weighted by molar-refractivity contribution is -0.134. The van der Waals surface area contributed by atoms with Crippen molar-refractivity contribution in [3.05, 3.63) is 54.1 Å². The normalized spacial score (nSPS) is 16.5. The van der Waals surface area contributed by atoms with E-state index in [1.54, 1.807) is 14.2 Å². The Bertz CT molecular complexity index is 763. The van der Waals surface area contributed by atoms with Crippen LogP contribution >= 0.6 is 0 Å². The van der Waals surface area contributed by atoms with E-state index in [0.29, 0.717) is 26.0 Å². The average Bonchev–Trinajstić information content (AvgIpc) is 2.77. The number of hydrogen-bond donors (Lipinski definition) is 1. The van der Waals surface area contributed by atoms with Crippen molar-refractivity contribution < 1.29 is 19.0 Å². The van der Waals surface area contributed by atoms with E-state index in [1.165, 1.54) is 0 Å². The van der Waals surface area contributed by atoms with Crippen LogP contribution in [-0.2, 0) is 4.79 Å². The molecule has 0 bridgehead atoms. The van der Waals surface area contributed by atoms with Crippen LogP contribution < -0.4 is 19.5 Å². The number of rotatable bonds is 8. The van der Waals surface area contributed by atoms with Gasteiger partial charge in [0.05, 0.1) is 26.9 Å². The van der Waals surface area contributed by atoms with Crippen molar-refractivity contribution in [1.29, 1.82) is 0 Å². The van der Waals surface area contributed by atoms with Crippen molar-refractivity contribution in [2.75, 3.05) is 40.5 Å². The quantitative estimate of drug-likeness (QED) is 0.709. The highest BCUT2D eigenvalue weighted by Gasteiger charge is 2.29. The fraction of sp³-hybridized carbons (Fsp3) is 0.409. The van der Waals surface area contributed by atoms with Crippen molar-refractivity contribution in [2.45, 2.75) is 18.9 Å². The number of hydrogen-bond acceptors (Lipinski definition) is 5. The second-order valence-corrected chi connectivity index (χ2v) is 6.68. The summed E-state index contributed by atoms with van der Waals surface area (Å²) in [4.78, 5) is 14.8. The van der Waals surface area contributed by atoms with Gasteiger partial charge in [0.1, 0.15) is 17.2 Å². The first-order valence-electron chi connectivity index (χ1n) is 9.63. The monoisotopic (exact) mass is 384 g/mol. The van der Waals surface area contributed by atoms with E-state index in [2.05, 4.69) is 5.32 Å². The first-order chi connectivity index (χ1) is 13.7. The Kier molecular flexibility index (Phi) is 7.14. The van der Waals surface area contributed by atoms with Gasteiger partial charge in [0, 0.05) is 31.6 Å². The molecule has 1 amide bonds. The number of amides is 1. The van der Waals surface area contributed by atoms with Gasteiger partial charge in [0.2, 0.25) is 5.91 Å². The van der Waals surface area contributed by atoms with E-state index in [-0.39, 0.29) is 11.9 Å². The summed E-state index contributed by atoms with van der Waals surface area (Å²) in [6, 6.07) is 15.3. The highest BCUT2D eigenvalue weighted by atomic mass is 16.5. The van der Waals surface area contributed by atoms with Crippen LogP contribution in [0.25, 0.3) is 0 Å². The molecule has 0 aliphatic carbocycles. The number of carbonyl (C=O) groups excluding carboxylic acids is 1. The van der Waals surface area contributed by atoms with Crippen molar-refractivity contribution in [3.8, 4) is 17.2 Å². The summed E-state index contributed by atoms with van der Waals surface area (Å²) >= 11 is 0. The third-order valence-electron chi connectivity index (χ3n) is 4.92. The van der Waals surface area contributed by atoms with Gasteiger partial charge >= 0.3 is 0 Å². The zero-order valence-electron chi connectivity index (χ0n) is 16.5. The standard InChI is InChI=1S/C22H28N2O4/c1-26-17-9-11-18(12-10-17)28-15-5-8-22(25)24-14-13-23-16-20(24)19-6-3-4-7-21(19)27-2/h3-4,6-7,9-12,20,23H,5,8,13-16H2,1-2H3. The second-order valence-electron chi connectivity index (χ2n) is 6.68. The fourth-order valence-corrected chi connectivity index (χ4v) is 3.45. The number of benzene rings is 2. The first-order valence-corrected chi connectivity index (χ1v) is 9.63. The van der Waals surface area contributed by atoms with E-state index < -0.39 is 0 Å². The molecular weight excluding hydrogens is 356 g/mol. The van der Waals surface area contributed by atoms with Crippen molar-refractivity contribution in [3.63, 3.8) is 0 Å². The molecule has 0 aromatic heterocycles. The van der Waals surface area contributed by atoms with Gasteiger partial charge in [-0.2, -0.15) is 0 Å². The highest BCUT2D eigenvalue weighted by Crippen LogP contribution is 2.30. The minimum absolute atomic E-state index is 0.0140. The predicted molar refractivity (Wildman–Crippen MR) is 108 cm³/mol. The Hall–Kier alpha value is -2.73. The molecule has 0 radical (unpaired) electrons. The molecular formula is C22H28N2O4. The van der Waals surface area contributed by atoms with Gasteiger partial charge in [0.15, 0.2) is 0 Å². The Labute approximate surface area is 166 Å². The third-order valence-corrected chi connectivity index (χ3v) is 4.92. The summed E-state index contributed by atoms with van der Waals surface area (Å²) in [5, 5.41) is 3.38. The molecule has 0 saturated carbocycles. The molecule has 150 valence electrons. The van der Waals surface area contributed by atoms with Crippen LogP contribution in [-0.4, -0.2) is 51.3 Å². The third kappa shape index (κ3) is 4.95. The topological polar surface area (TPSA) is 60.0 Å². The molecule has 1 heterocycles. The smallest absolute Gasteiger partial charge is 0.223 e. The Morgan fingerprint density at radius 1 is 1.07 bits per heavy atom. The summed E-state index contributed by atoms with van der Waals surface area (Å²) in [6.07, 6.45) is 1.13. The van der Waals surface area contributed by atoms with Crippen LogP contribution in [0.3, 0.4) is 0 Å². The summed E-state index contributed by atoms with van der Waals surface area (Å²) in [5.74, 6) is 2.54. The number of piperazine rings is 1. The molecule has 1 aliphatic rings. The molecule has 1 saturated heterocycles. The van der Waals surface area contributed by atoms with Gasteiger partial charge in [-0.1, -0.05) is 18.2 Å². The average molecular weight is 384 g/mol. The van der Waals surface area contributed by atoms with Crippen molar-refractivity contribution in [2.24, 2.45) is 0 Å². The number of methoxy groups -OCH3 is 2. The first kappa shape index (κ1) is 20.0. The van der Waals surface area contributed by atoms with Gasteiger partial charge in [-0.15, -0.1) is 0 Å². The minimum Gasteiger partial charge on any atom is -0.497 e. The second kappa shape index (κ2) is 9.99. The molecule has 6 heteroatoms. The molecule has 2 aromatic rings. The lowest BCUT2D eigenvalue weighted by Crippen LogP contribution is -2.48. The molecule has 0 spiro atoms. The molecule has 1 aliphatic heterocycles. The van der Waals surface area contributed by atoms with E-state index in [4.69, 9.17) is 14.2 Å². The Morgan fingerprint density at radius 3 is 2.57 bits per heavy atom. The zero-order chi connectivity index (χ0) is 19.8. The number of nitrogens with one attached hydrogen (secondary N) is 1.